The molecule has 0 saturated carbocycles. The van der Waals surface area contributed by atoms with E-state index in [2.05, 4.69) is 33.9 Å². The zero-order valence-corrected chi connectivity index (χ0v) is 20.3. The molecule has 2 atom stereocenters. The van der Waals surface area contributed by atoms with Gasteiger partial charge in [0.15, 0.2) is 0 Å². The molecule has 2 aromatic rings. The van der Waals surface area contributed by atoms with Gasteiger partial charge >= 0.3 is 0 Å². The van der Waals surface area contributed by atoms with Gasteiger partial charge < -0.3 is 19.9 Å². The Balaban J connectivity index is 1.32. The van der Waals surface area contributed by atoms with Crippen LogP contribution in [0.2, 0.25) is 0 Å². The van der Waals surface area contributed by atoms with Gasteiger partial charge in [0, 0.05) is 13.1 Å². The van der Waals surface area contributed by atoms with E-state index in [4.69, 9.17) is 19.9 Å². The summed E-state index contributed by atoms with van der Waals surface area (Å²) < 4.78 is 44.8. The lowest BCUT2D eigenvalue weighted by Crippen LogP contribution is -2.38. The number of hydrogen-bond acceptors (Lipinski definition) is 7. The normalized spacial score (nSPS) is 20.5. The second-order valence-electron chi connectivity index (χ2n) is 8.63. The number of nitrogens with one attached hydrogen (secondary N) is 1. The zero-order chi connectivity index (χ0) is 23.8. The van der Waals surface area contributed by atoms with Crippen LogP contribution in [-0.2, 0) is 25.9 Å². The van der Waals surface area contributed by atoms with E-state index in [1.807, 2.05) is 0 Å². The van der Waals surface area contributed by atoms with Gasteiger partial charge in [-0.2, -0.15) is 0 Å². The maximum absolute atomic E-state index is 12.6. The second-order valence-corrected chi connectivity index (χ2v) is 10.4. The highest BCUT2D eigenvalue weighted by Crippen LogP contribution is 2.39. The molecule has 2 aliphatic rings. The van der Waals surface area contributed by atoms with Gasteiger partial charge in [0.2, 0.25) is 10.0 Å². The predicted octanol–water partition coefficient (Wildman–Crippen LogP) is 2.10. The van der Waals surface area contributed by atoms with Crippen LogP contribution >= 0.6 is 0 Å². The summed E-state index contributed by atoms with van der Waals surface area (Å²) in [6.45, 7) is 4.46. The standard InChI is InChI=1S/C25H35N3O5S/c26-11-15-31-17-18-32-16-12-27-34(29,30)22-9-7-21(8-10-22)33-25-23-6-2-1-5-20(23)19-24(25)28-13-3-4-14-28/h1-2,5-10,24-25,27H,3-4,11-19,26H2/t24-,25-/m0/s1. The summed E-state index contributed by atoms with van der Waals surface area (Å²) in [5, 5.41) is 0. The molecule has 8 nitrogen and oxygen atoms in total. The molecule has 3 N–H and O–H groups in total. The molecular formula is C25H35N3O5S. The number of hydrogen-bond donors (Lipinski definition) is 2. The van der Waals surface area contributed by atoms with Crippen molar-refractivity contribution < 1.29 is 22.6 Å². The molecule has 4 rings (SSSR count). The molecular weight excluding hydrogens is 454 g/mol. The minimum Gasteiger partial charge on any atom is -0.484 e. The Bertz CT molecular complexity index is 1010. The molecule has 0 radical (unpaired) electrons. The van der Waals surface area contributed by atoms with E-state index < -0.39 is 10.0 Å². The van der Waals surface area contributed by atoms with E-state index in [9.17, 15) is 8.42 Å². The Labute approximate surface area is 202 Å². The molecule has 34 heavy (non-hydrogen) atoms. The van der Waals surface area contributed by atoms with Crippen LogP contribution in [0.25, 0.3) is 0 Å². The van der Waals surface area contributed by atoms with E-state index in [1.165, 1.54) is 24.0 Å². The quantitative estimate of drug-likeness (QED) is 0.415. The first-order valence-electron chi connectivity index (χ1n) is 12.0. The Hall–Kier alpha value is -2.01. The van der Waals surface area contributed by atoms with Crippen molar-refractivity contribution in [3.05, 3.63) is 59.7 Å². The van der Waals surface area contributed by atoms with Crippen molar-refractivity contribution in [3.8, 4) is 5.75 Å². The van der Waals surface area contributed by atoms with Crippen molar-refractivity contribution in [2.24, 2.45) is 5.73 Å². The predicted molar refractivity (Wildman–Crippen MR) is 130 cm³/mol. The molecule has 0 spiro atoms. The van der Waals surface area contributed by atoms with Crippen LogP contribution in [0, 0.1) is 0 Å². The first kappa shape index (κ1) is 25.1. The fourth-order valence-electron chi connectivity index (χ4n) is 4.65. The highest BCUT2D eigenvalue weighted by Gasteiger charge is 2.38. The fraction of sp³-hybridized carbons (Fsp3) is 0.520. The van der Waals surface area contributed by atoms with Gasteiger partial charge in [0.25, 0.3) is 0 Å². The third-order valence-electron chi connectivity index (χ3n) is 6.32. The van der Waals surface area contributed by atoms with E-state index in [0.717, 1.165) is 19.5 Å². The summed E-state index contributed by atoms with van der Waals surface area (Å²) in [4.78, 5) is 2.73. The highest BCUT2D eigenvalue weighted by atomic mass is 32.2. The van der Waals surface area contributed by atoms with E-state index in [1.54, 1.807) is 24.3 Å². The second kappa shape index (κ2) is 12.1. The number of fused-ring (bicyclic) bond motifs is 1. The summed E-state index contributed by atoms with van der Waals surface area (Å²) in [6, 6.07) is 15.4. The van der Waals surface area contributed by atoms with E-state index in [0.29, 0.717) is 38.2 Å². The first-order valence-corrected chi connectivity index (χ1v) is 13.5. The number of likely N-dealkylation sites (tertiary alicyclic amines) is 1. The number of nitrogens with zero attached hydrogens (tertiary/aromatic N) is 1. The zero-order valence-electron chi connectivity index (χ0n) is 19.5. The average Bonchev–Trinajstić information content (AvgIpc) is 3.50. The number of ether oxygens (including phenoxy) is 3. The van der Waals surface area contributed by atoms with Crippen LogP contribution in [0.5, 0.6) is 5.75 Å². The highest BCUT2D eigenvalue weighted by molar-refractivity contribution is 7.89. The van der Waals surface area contributed by atoms with Crippen LogP contribution < -0.4 is 15.2 Å². The summed E-state index contributed by atoms with van der Waals surface area (Å²) in [5.41, 5.74) is 7.90. The molecule has 1 aliphatic carbocycles. The average molecular weight is 490 g/mol. The molecule has 2 aromatic carbocycles. The van der Waals surface area contributed by atoms with Crippen LogP contribution in [0.4, 0.5) is 0 Å². The Morgan fingerprint density at radius 1 is 0.941 bits per heavy atom. The Kier molecular flexibility index (Phi) is 8.93. The van der Waals surface area contributed by atoms with Gasteiger partial charge in [-0.15, -0.1) is 0 Å². The van der Waals surface area contributed by atoms with Gasteiger partial charge in [-0.3, -0.25) is 4.90 Å². The van der Waals surface area contributed by atoms with Crippen LogP contribution in [0.1, 0.15) is 30.1 Å². The smallest absolute Gasteiger partial charge is 0.240 e. The first-order chi connectivity index (χ1) is 16.6. The van der Waals surface area contributed by atoms with Crippen molar-refractivity contribution >= 4 is 10.0 Å². The molecule has 0 bridgehead atoms. The number of benzene rings is 2. The SMILES string of the molecule is NCCOCCOCCNS(=O)(=O)c1ccc(O[C@H]2c3ccccc3C[C@@H]2N2CCCC2)cc1. The number of sulfonamides is 1. The monoisotopic (exact) mass is 489 g/mol. The van der Waals surface area contributed by atoms with Crippen molar-refractivity contribution in [2.75, 3.05) is 52.6 Å². The van der Waals surface area contributed by atoms with Crippen LogP contribution in [0.3, 0.4) is 0 Å². The molecule has 0 aromatic heterocycles. The largest absolute Gasteiger partial charge is 0.484 e. The molecule has 1 heterocycles. The fourth-order valence-corrected chi connectivity index (χ4v) is 5.67. The van der Waals surface area contributed by atoms with Gasteiger partial charge in [-0.05, 0) is 67.7 Å². The van der Waals surface area contributed by atoms with Gasteiger partial charge in [0.05, 0.1) is 37.4 Å². The van der Waals surface area contributed by atoms with Crippen LogP contribution in [-0.4, -0.2) is 72.0 Å². The van der Waals surface area contributed by atoms with Crippen molar-refractivity contribution in [2.45, 2.75) is 36.3 Å². The minimum atomic E-state index is -3.62. The summed E-state index contributed by atoms with van der Waals surface area (Å²) >= 11 is 0. The maximum Gasteiger partial charge on any atom is 0.240 e. The van der Waals surface area contributed by atoms with Crippen molar-refractivity contribution in [3.63, 3.8) is 0 Å². The molecule has 1 saturated heterocycles. The Morgan fingerprint density at radius 2 is 1.65 bits per heavy atom. The van der Waals surface area contributed by atoms with Crippen molar-refractivity contribution in [1.82, 2.24) is 9.62 Å². The van der Waals surface area contributed by atoms with Gasteiger partial charge in [-0.1, -0.05) is 24.3 Å². The molecule has 1 fully saturated rings. The molecule has 0 unspecified atom stereocenters. The van der Waals surface area contributed by atoms with Gasteiger partial charge in [-0.25, -0.2) is 13.1 Å². The molecule has 1 aliphatic heterocycles. The number of rotatable bonds is 13. The molecule has 0 amide bonds. The molecule has 186 valence electrons. The lowest BCUT2D eigenvalue weighted by molar-refractivity contribution is 0.0530. The lowest BCUT2D eigenvalue weighted by atomic mass is 10.1. The molecule has 9 heteroatoms. The van der Waals surface area contributed by atoms with Gasteiger partial charge in [0.1, 0.15) is 11.9 Å². The summed E-state index contributed by atoms with van der Waals surface area (Å²) in [6.07, 6.45) is 3.39. The van der Waals surface area contributed by atoms with Crippen molar-refractivity contribution in [1.29, 1.82) is 0 Å². The number of nitrogens with two attached hydrogens (primary N) is 1. The lowest BCUT2D eigenvalue weighted by Gasteiger charge is -2.30. The van der Waals surface area contributed by atoms with E-state index >= 15 is 0 Å². The maximum atomic E-state index is 12.6. The Morgan fingerprint density at radius 3 is 2.38 bits per heavy atom. The topological polar surface area (TPSA) is 103 Å². The van der Waals surface area contributed by atoms with E-state index in [-0.39, 0.29) is 24.2 Å². The third kappa shape index (κ3) is 6.35. The van der Waals surface area contributed by atoms with Crippen LogP contribution in [0.15, 0.2) is 53.4 Å². The summed E-state index contributed by atoms with van der Waals surface area (Å²) in [5.74, 6) is 0.672. The minimum absolute atomic E-state index is 0.0548. The third-order valence-corrected chi connectivity index (χ3v) is 7.80. The summed E-state index contributed by atoms with van der Waals surface area (Å²) in [7, 11) is -3.62.